The summed E-state index contributed by atoms with van der Waals surface area (Å²) in [6.07, 6.45) is 6.23. The van der Waals surface area contributed by atoms with E-state index in [4.69, 9.17) is 14.2 Å². The molecular formula is C67H98N10O13S. The van der Waals surface area contributed by atoms with Gasteiger partial charge in [-0.05, 0) is 86.0 Å². The van der Waals surface area contributed by atoms with Gasteiger partial charge in [0.15, 0.2) is 0 Å². The minimum absolute atomic E-state index is 0.0629. The third-order valence-electron chi connectivity index (χ3n) is 17.2. The number of aromatic nitrogens is 1. The molecule has 3 heterocycles. The number of nitrogens with one attached hydrogen (secondary N) is 5. The molecule has 91 heavy (non-hydrogen) atoms. The molecule has 500 valence electrons. The van der Waals surface area contributed by atoms with Crippen molar-refractivity contribution in [1.29, 1.82) is 0 Å². The van der Waals surface area contributed by atoms with E-state index in [1.807, 2.05) is 70.3 Å². The standard InChI is InChI=1S/C67H98N10O13S/c1-15-43(8)59(51(88-13)38-55(81)76-35-22-25-50(76)60(89-14)44(9)61(82)71-49(65-68-33-36-91-65)37-46-23-18-16-19-24-46)74(11)66(86)57(41(4)5)73-64(85)58(42(6)7)75(12)67(87)90-39-47-27-29-48(30-28-47)70-62(83)45(10)69-63(84)56(40(2)3)72-52(78)26-20-17-21-34-77-53(79)31-32-54(77)80/h16,18-19,23-24,27-33,36,40-45,49-51,56-60H,15,17,20-22,25-26,34-35,37-39H2,1-14H3,(H,69,84)(H,70,83)(H,71,82)(H,72,78)(H,73,85)/t43-,44+,45-,49-,50-,51+,56-,57-,58-,59-,60+/m0/s1. The number of amides is 10. The van der Waals surface area contributed by atoms with Crippen LogP contribution in [0.4, 0.5) is 10.5 Å². The molecule has 0 spiro atoms. The second-order valence-corrected chi connectivity index (χ2v) is 25.9. The molecule has 0 bridgehead atoms. The number of likely N-dealkylation sites (tertiary alicyclic amines) is 1. The van der Waals surface area contributed by atoms with E-state index in [1.54, 1.807) is 82.1 Å². The minimum atomic E-state index is -1.05. The van der Waals surface area contributed by atoms with Crippen molar-refractivity contribution in [2.45, 2.75) is 188 Å². The van der Waals surface area contributed by atoms with E-state index in [0.29, 0.717) is 62.7 Å². The van der Waals surface area contributed by atoms with Crippen molar-refractivity contribution in [3.8, 4) is 0 Å². The molecule has 3 aromatic rings. The van der Waals surface area contributed by atoms with Crippen LogP contribution in [0, 0.1) is 29.6 Å². The van der Waals surface area contributed by atoms with E-state index in [9.17, 15) is 47.9 Å². The molecule has 2 aromatic carbocycles. The molecule has 0 saturated carbocycles. The van der Waals surface area contributed by atoms with Crippen LogP contribution in [0.15, 0.2) is 78.3 Å². The van der Waals surface area contributed by atoms with Crippen molar-refractivity contribution in [2.75, 3.05) is 46.7 Å². The second kappa shape index (κ2) is 35.9. The van der Waals surface area contributed by atoms with Crippen LogP contribution >= 0.6 is 11.3 Å². The Bertz CT molecular complexity index is 2930. The number of ether oxygens (including phenoxy) is 3. The van der Waals surface area contributed by atoms with Gasteiger partial charge in [-0.3, -0.25) is 53.0 Å². The number of benzene rings is 2. The van der Waals surface area contributed by atoms with Crippen LogP contribution in [0.3, 0.4) is 0 Å². The lowest BCUT2D eigenvalue weighted by Gasteiger charge is -2.41. The summed E-state index contributed by atoms with van der Waals surface area (Å²) >= 11 is 1.47. The maximum atomic E-state index is 14.8. The number of hydrogen-bond donors (Lipinski definition) is 5. The van der Waals surface area contributed by atoms with Crippen molar-refractivity contribution < 1.29 is 62.2 Å². The van der Waals surface area contributed by atoms with Gasteiger partial charge in [0.25, 0.3) is 11.8 Å². The molecule has 23 nitrogen and oxygen atoms in total. The Morgan fingerprint density at radius 1 is 0.714 bits per heavy atom. The zero-order valence-corrected chi connectivity index (χ0v) is 56.3. The quantitative estimate of drug-likeness (QED) is 0.0294. The number of anilines is 1. The Morgan fingerprint density at radius 2 is 1.37 bits per heavy atom. The van der Waals surface area contributed by atoms with Gasteiger partial charge >= 0.3 is 6.09 Å². The highest BCUT2D eigenvalue weighted by Gasteiger charge is 2.44. The molecule has 5 N–H and O–H groups in total. The number of carbonyl (C=O) groups is 10. The summed E-state index contributed by atoms with van der Waals surface area (Å²) in [6.45, 7) is 18.6. The topological polar surface area (TPSA) is 284 Å². The molecule has 0 radical (unpaired) electrons. The Morgan fingerprint density at radius 3 is 1.96 bits per heavy atom. The average Bonchev–Trinajstić information content (AvgIpc) is 1.95. The minimum Gasteiger partial charge on any atom is -0.445 e. The maximum absolute atomic E-state index is 14.8. The van der Waals surface area contributed by atoms with Crippen molar-refractivity contribution in [3.05, 3.63) is 94.5 Å². The SMILES string of the molecule is CC[C@H](C)[C@@H]([C@@H](CC(=O)N1CCC[C@H]1[C@H](OC)[C@@H](C)C(=O)N[C@@H](Cc1ccccc1)c1nccs1)OC)N(C)C(=O)[C@@H](NC(=O)[C@H](C(C)C)N(C)C(=O)OCc1ccc(NC(=O)[C@H](C)NC(=O)[C@@H](NC(=O)CCCCCN2C(=O)C=CC2=O)C(C)C)cc1)C(C)C. The van der Waals surface area contributed by atoms with Gasteiger partial charge in [0.2, 0.25) is 41.4 Å². The maximum Gasteiger partial charge on any atom is 0.410 e. The van der Waals surface area contributed by atoms with Gasteiger partial charge in [0.05, 0.1) is 42.7 Å². The van der Waals surface area contributed by atoms with Gasteiger partial charge in [-0.1, -0.05) is 118 Å². The van der Waals surface area contributed by atoms with Crippen molar-refractivity contribution in [1.82, 2.24) is 45.9 Å². The summed E-state index contributed by atoms with van der Waals surface area (Å²) in [4.78, 5) is 145. The molecule has 2 aliphatic heterocycles. The van der Waals surface area contributed by atoms with Crippen molar-refractivity contribution >= 4 is 76.3 Å². The number of unbranched alkanes of at least 4 members (excludes halogenated alkanes) is 2. The van der Waals surface area contributed by atoms with Crippen molar-refractivity contribution in [2.24, 2.45) is 29.6 Å². The highest BCUT2D eigenvalue weighted by atomic mass is 32.1. The molecule has 0 unspecified atom stereocenters. The predicted molar refractivity (Wildman–Crippen MR) is 346 cm³/mol. The first kappa shape index (κ1) is 74.2. The first-order valence-corrected chi connectivity index (χ1v) is 32.7. The fourth-order valence-corrected chi connectivity index (χ4v) is 12.5. The summed E-state index contributed by atoms with van der Waals surface area (Å²) in [7, 11) is 6.19. The highest BCUT2D eigenvalue weighted by molar-refractivity contribution is 7.09. The molecule has 11 atom stereocenters. The monoisotopic (exact) mass is 1280 g/mol. The third-order valence-corrected chi connectivity index (χ3v) is 18.1. The van der Waals surface area contributed by atoms with E-state index >= 15 is 0 Å². The lowest BCUT2D eigenvalue weighted by Crippen LogP contribution is -2.60. The largest absolute Gasteiger partial charge is 0.445 e. The number of thiazole rings is 1. The lowest BCUT2D eigenvalue weighted by molar-refractivity contribution is -0.148. The number of likely N-dealkylation sites (N-methyl/N-ethyl adjacent to an activating group) is 2. The molecule has 24 heteroatoms. The van der Waals surface area contributed by atoms with Gasteiger partial charge < -0.3 is 50.6 Å². The van der Waals surface area contributed by atoms with Crippen molar-refractivity contribution in [3.63, 3.8) is 0 Å². The zero-order valence-electron chi connectivity index (χ0n) is 55.5. The van der Waals surface area contributed by atoms with E-state index in [0.717, 1.165) is 15.5 Å². The van der Waals surface area contributed by atoms with Crippen LogP contribution in [0.2, 0.25) is 0 Å². The van der Waals surface area contributed by atoms with Gasteiger partial charge in [0, 0.05) is 77.2 Å². The number of methoxy groups -OCH3 is 2. The summed E-state index contributed by atoms with van der Waals surface area (Å²) < 4.78 is 17.9. The molecule has 2 aliphatic rings. The van der Waals surface area contributed by atoms with Crippen LogP contribution in [0.25, 0.3) is 0 Å². The Balaban J connectivity index is 1.14. The summed E-state index contributed by atoms with van der Waals surface area (Å²) in [5.74, 6) is -5.36. The molecule has 1 aromatic heterocycles. The lowest BCUT2D eigenvalue weighted by atomic mass is 9.89. The van der Waals surface area contributed by atoms with Crippen LogP contribution in [-0.2, 0) is 70.4 Å². The number of imide groups is 1. The Labute approximate surface area is 540 Å². The molecule has 1 saturated heterocycles. The summed E-state index contributed by atoms with van der Waals surface area (Å²) in [5, 5.41) is 17.0. The van der Waals surface area contributed by atoms with Crippen LogP contribution < -0.4 is 26.6 Å². The predicted octanol–water partition coefficient (Wildman–Crippen LogP) is 6.97. The number of nitrogens with zero attached hydrogens (tertiary/aromatic N) is 5. The fourth-order valence-electron chi connectivity index (χ4n) is 11.8. The summed E-state index contributed by atoms with van der Waals surface area (Å²) in [5.41, 5.74) is 2.03. The number of carbonyl (C=O) groups excluding carboxylic acids is 10. The molecule has 5 rings (SSSR count). The van der Waals surface area contributed by atoms with E-state index in [2.05, 4.69) is 31.6 Å². The zero-order chi connectivity index (χ0) is 67.2. The third kappa shape index (κ3) is 21.0. The molecule has 10 amide bonds. The first-order chi connectivity index (χ1) is 43.2. The van der Waals surface area contributed by atoms with Gasteiger partial charge in [-0.25, -0.2) is 9.78 Å². The van der Waals surface area contributed by atoms with E-state index < -0.39 is 95.9 Å². The van der Waals surface area contributed by atoms with Gasteiger partial charge in [-0.15, -0.1) is 11.3 Å². The highest BCUT2D eigenvalue weighted by Crippen LogP contribution is 2.31. The molecular weight excluding hydrogens is 1180 g/mol. The molecule has 1 fully saturated rings. The molecule has 0 aliphatic carbocycles. The summed E-state index contributed by atoms with van der Waals surface area (Å²) in [6, 6.07) is 11.1. The van der Waals surface area contributed by atoms with Crippen LogP contribution in [0.5, 0.6) is 0 Å². The average molecular weight is 1280 g/mol. The Kier molecular flexibility index (Phi) is 29.2. The fraction of sp³-hybridized carbons (Fsp3) is 0.597. The number of rotatable bonds is 35. The van der Waals surface area contributed by atoms with E-state index in [1.165, 1.54) is 49.5 Å². The van der Waals surface area contributed by atoms with Crippen LogP contribution in [-0.4, -0.2) is 174 Å². The first-order valence-electron chi connectivity index (χ1n) is 31.8. The van der Waals surface area contributed by atoms with Gasteiger partial charge in [0.1, 0.15) is 35.8 Å². The van der Waals surface area contributed by atoms with Crippen LogP contribution in [0.1, 0.15) is 143 Å². The smallest absolute Gasteiger partial charge is 0.410 e. The van der Waals surface area contributed by atoms with E-state index in [-0.39, 0.29) is 73.4 Å². The Hall–Kier alpha value is -7.57. The normalized spacial score (nSPS) is 17.3. The number of hydrogen-bond acceptors (Lipinski definition) is 15. The van der Waals surface area contributed by atoms with Gasteiger partial charge in [-0.2, -0.15) is 0 Å². The second-order valence-electron chi connectivity index (χ2n) is 25.0.